The second-order valence-electron chi connectivity index (χ2n) is 6.97. The minimum atomic E-state index is -5.06. The Bertz CT molecular complexity index is 1080. The van der Waals surface area contributed by atoms with Crippen molar-refractivity contribution in [2.75, 3.05) is 31.6 Å². The first-order valence-electron chi connectivity index (χ1n) is 9.36. The summed E-state index contributed by atoms with van der Waals surface area (Å²) in [6.07, 6.45) is -5.44. The number of anilines is 1. The number of hydrogen-bond acceptors (Lipinski definition) is 6. The molecule has 2 aromatic rings. The van der Waals surface area contributed by atoms with E-state index in [0.717, 1.165) is 4.90 Å². The van der Waals surface area contributed by atoms with Crippen LogP contribution in [0.3, 0.4) is 0 Å². The van der Waals surface area contributed by atoms with E-state index in [1.807, 2.05) is 0 Å². The molecule has 3 amide bonds. The maximum atomic E-state index is 12.8. The van der Waals surface area contributed by atoms with Crippen LogP contribution < -0.4 is 10.4 Å². The van der Waals surface area contributed by atoms with Crippen LogP contribution in [-0.2, 0) is 14.4 Å². The second-order valence-corrected chi connectivity index (χ2v) is 6.97. The largest absolute Gasteiger partial charge is 0.481 e. The highest BCUT2D eigenvalue weighted by Crippen LogP contribution is 2.35. The average Bonchev–Trinajstić information content (AvgIpc) is 2.73. The van der Waals surface area contributed by atoms with Gasteiger partial charge in [0.15, 0.2) is 0 Å². The van der Waals surface area contributed by atoms with Crippen molar-refractivity contribution in [3.8, 4) is 0 Å². The van der Waals surface area contributed by atoms with Gasteiger partial charge in [0.05, 0.1) is 13.0 Å². The summed E-state index contributed by atoms with van der Waals surface area (Å²) in [5, 5.41) is 9.84. The highest BCUT2D eigenvalue weighted by atomic mass is 19.4. The van der Waals surface area contributed by atoms with Crippen LogP contribution in [0, 0.1) is 0 Å². The summed E-state index contributed by atoms with van der Waals surface area (Å²) in [5.41, 5.74) is 2.38. The smallest absolute Gasteiger partial charge is 0.473 e. The lowest BCUT2D eigenvalue weighted by Gasteiger charge is -2.29. The number of aliphatic carboxylic acids is 1. The third kappa shape index (κ3) is 4.49. The molecule has 0 spiro atoms. The minimum absolute atomic E-state index is 0.0867. The van der Waals surface area contributed by atoms with E-state index in [4.69, 9.17) is 5.11 Å². The molecule has 0 saturated carbocycles. The fourth-order valence-corrected chi connectivity index (χ4v) is 3.35. The van der Waals surface area contributed by atoms with E-state index in [2.05, 4.69) is 4.84 Å². The van der Waals surface area contributed by atoms with Crippen LogP contribution in [0.2, 0.25) is 0 Å². The molecular formula is C20H18F3N3O6. The van der Waals surface area contributed by atoms with E-state index < -0.39 is 29.9 Å². The number of halogens is 3. The Balaban J connectivity index is 1.82. The molecule has 0 fully saturated rings. The fraction of sp³-hybridized carbons (Fsp3) is 0.300. The topological polar surface area (TPSA) is 116 Å². The molecule has 0 atom stereocenters. The van der Waals surface area contributed by atoms with Gasteiger partial charge in [0.25, 0.3) is 11.8 Å². The Labute approximate surface area is 179 Å². The third-order valence-corrected chi connectivity index (χ3v) is 4.88. The number of nitrogens with zero attached hydrogens (tertiary/aromatic N) is 2. The lowest BCUT2D eigenvalue weighted by molar-refractivity contribution is -0.185. The molecule has 1 heterocycles. The number of likely N-dealkylation sites (N-methyl/N-ethyl adjacent to an activating group) is 1. The van der Waals surface area contributed by atoms with E-state index in [1.165, 1.54) is 17.6 Å². The lowest BCUT2D eigenvalue weighted by atomic mass is 9.92. The fourth-order valence-electron chi connectivity index (χ4n) is 3.35. The number of carbonyl (C=O) groups is 4. The van der Waals surface area contributed by atoms with Crippen LogP contribution >= 0.6 is 0 Å². The van der Waals surface area contributed by atoms with Crippen molar-refractivity contribution in [3.63, 3.8) is 0 Å². The normalized spacial score (nSPS) is 13.4. The molecule has 0 unspecified atom stereocenters. The molecule has 12 heteroatoms. The molecule has 1 aliphatic rings. The van der Waals surface area contributed by atoms with Gasteiger partial charge in [0.2, 0.25) is 0 Å². The van der Waals surface area contributed by atoms with Crippen LogP contribution in [0.25, 0.3) is 10.8 Å². The molecule has 0 aromatic heterocycles. The van der Waals surface area contributed by atoms with Crippen molar-refractivity contribution >= 4 is 40.2 Å². The van der Waals surface area contributed by atoms with Crippen molar-refractivity contribution in [2.45, 2.75) is 12.6 Å². The Morgan fingerprint density at radius 3 is 2.41 bits per heavy atom. The van der Waals surface area contributed by atoms with E-state index in [1.54, 1.807) is 30.1 Å². The average molecular weight is 453 g/mol. The molecule has 0 saturated heterocycles. The molecule has 9 nitrogen and oxygen atoms in total. The molecule has 170 valence electrons. The zero-order chi connectivity index (χ0) is 23.6. The van der Waals surface area contributed by atoms with Crippen LogP contribution in [0.4, 0.5) is 18.9 Å². The summed E-state index contributed by atoms with van der Waals surface area (Å²) in [6.45, 7) is -0.434. The molecular weight excluding hydrogens is 435 g/mol. The van der Waals surface area contributed by atoms with Crippen LogP contribution in [-0.4, -0.2) is 66.6 Å². The number of carboxylic acids is 1. The van der Waals surface area contributed by atoms with Crippen molar-refractivity contribution in [2.24, 2.45) is 0 Å². The van der Waals surface area contributed by atoms with Crippen LogP contribution in [0.5, 0.6) is 0 Å². The number of carbonyl (C=O) groups excluding carboxylic acids is 3. The van der Waals surface area contributed by atoms with Gasteiger partial charge in [-0.3, -0.25) is 28.9 Å². The summed E-state index contributed by atoms with van der Waals surface area (Å²) in [4.78, 5) is 54.4. The van der Waals surface area contributed by atoms with E-state index in [9.17, 15) is 32.3 Å². The van der Waals surface area contributed by atoms with Gasteiger partial charge in [0, 0.05) is 47.7 Å². The van der Waals surface area contributed by atoms with Gasteiger partial charge >= 0.3 is 18.1 Å². The van der Waals surface area contributed by atoms with Gasteiger partial charge in [-0.05, 0) is 18.2 Å². The predicted molar refractivity (Wildman–Crippen MR) is 105 cm³/mol. The van der Waals surface area contributed by atoms with Gasteiger partial charge in [-0.25, -0.2) is 5.48 Å². The molecule has 0 radical (unpaired) electrons. The van der Waals surface area contributed by atoms with Crippen molar-refractivity contribution in [1.29, 1.82) is 0 Å². The Kier molecular flexibility index (Phi) is 6.35. The molecule has 32 heavy (non-hydrogen) atoms. The van der Waals surface area contributed by atoms with Gasteiger partial charge in [0.1, 0.15) is 0 Å². The second kappa shape index (κ2) is 8.83. The molecule has 1 aliphatic heterocycles. The maximum absolute atomic E-state index is 12.8. The van der Waals surface area contributed by atoms with Crippen LogP contribution in [0.15, 0.2) is 30.3 Å². The number of alkyl halides is 3. The number of nitrogens with one attached hydrogen (secondary N) is 1. The first kappa shape index (κ1) is 23.0. The Morgan fingerprint density at radius 2 is 1.78 bits per heavy atom. The number of benzene rings is 2. The molecule has 2 aromatic carbocycles. The standard InChI is InChI=1S/C20H18F3N3O6/c1-25(9-10-32-24-19(31)20(21,22)23)14-6-5-13-16-11(14)3-2-4-12(16)17(29)26(18(13)30)8-7-15(27)28/h2-6H,7-10H2,1H3,(H,24,31)(H,27,28). The number of amides is 3. The number of rotatable bonds is 8. The monoisotopic (exact) mass is 453 g/mol. The molecule has 2 N–H and O–H groups in total. The summed E-state index contributed by atoms with van der Waals surface area (Å²) >= 11 is 0. The third-order valence-electron chi connectivity index (χ3n) is 4.88. The summed E-state index contributed by atoms with van der Waals surface area (Å²) in [5.74, 6) is -4.56. The van der Waals surface area contributed by atoms with E-state index >= 15 is 0 Å². The van der Waals surface area contributed by atoms with Gasteiger partial charge in [-0.15, -0.1) is 0 Å². The van der Waals surface area contributed by atoms with Gasteiger partial charge in [-0.1, -0.05) is 12.1 Å². The van der Waals surface area contributed by atoms with Crippen LogP contribution in [0.1, 0.15) is 27.1 Å². The van der Waals surface area contributed by atoms with Crippen molar-refractivity contribution in [1.82, 2.24) is 10.4 Å². The number of imide groups is 1. The number of carboxylic acid groups (broad SMARTS) is 1. The quantitative estimate of drug-likeness (QED) is 0.357. The van der Waals surface area contributed by atoms with Gasteiger partial charge < -0.3 is 10.0 Å². The number of hydroxylamine groups is 1. The Hall–Kier alpha value is -3.67. The predicted octanol–water partition coefficient (Wildman–Crippen LogP) is 1.96. The highest BCUT2D eigenvalue weighted by Gasteiger charge is 2.39. The zero-order valence-corrected chi connectivity index (χ0v) is 16.7. The van der Waals surface area contributed by atoms with Crippen molar-refractivity contribution < 1.29 is 42.3 Å². The number of hydrogen-bond donors (Lipinski definition) is 2. The minimum Gasteiger partial charge on any atom is -0.481 e. The summed E-state index contributed by atoms with van der Waals surface area (Å²) < 4.78 is 36.5. The first-order chi connectivity index (χ1) is 15.0. The SMILES string of the molecule is CN(CCONC(=O)C(F)(F)F)c1ccc2c3c(cccc13)C(=O)N(CCC(=O)O)C2=O. The molecule has 3 rings (SSSR count). The maximum Gasteiger partial charge on any atom is 0.473 e. The van der Waals surface area contributed by atoms with Gasteiger partial charge in [-0.2, -0.15) is 13.2 Å². The van der Waals surface area contributed by atoms with E-state index in [0.29, 0.717) is 16.5 Å². The lowest BCUT2D eigenvalue weighted by Crippen LogP contribution is -2.41. The zero-order valence-electron chi connectivity index (χ0n) is 16.7. The van der Waals surface area contributed by atoms with Crippen molar-refractivity contribution in [3.05, 3.63) is 41.5 Å². The van der Waals surface area contributed by atoms with E-state index in [-0.39, 0.29) is 37.2 Å². The molecule has 0 bridgehead atoms. The highest BCUT2D eigenvalue weighted by molar-refractivity contribution is 6.26. The Morgan fingerprint density at radius 1 is 1.12 bits per heavy atom. The first-order valence-corrected chi connectivity index (χ1v) is 9.36. The summed E-state index contributed by atoms with van der Waals surface area (Å²) in [7, 11) is 1.63. The molecule has 0 aliphatic carbocycles. The summed E-state index contributed by atoms with van der Waals surface area (Å²) in [6, 6.07) is 7.95.